The Labute approximate surface area is 138 Å². The molecule has 0 aliphatic rings. The van der Waals surface area contributed by atoms with Gasteiger partial charge in [-0.1, -0.05) is 23.7 Å². The van der Waals surface area contributed by atoms with Crippen LogP contribution in [0.4, 0.5) is 0 Å². The summed E-state index contributed by atoms with van der Waals surface area (Å²) in [7, 11) is 0. The van der Waals surface area contributed by atoms with Gasteiger partial charge in [-0.25, -0.2) is 9.67 Å². The van der Waals surface area contributed by atoms with E-state index in [4.69, 9.17) is 17.3 Å². The second-order valence-electron chi connectivity index (χ2n) is 5.26. The van der Waals surface area contributed by atoms with E-state index in [0.717, 1.165) is 22.4 Å². The first-order chi connectivity index (χ1) is 11.0. The molecule has 0 spiro atoms. The summed E-state index contributed by atoms with van der Waals surface area (Å²) in [6.45, 7) is 4.02. The zero-order chi connectivity index (χ0) is 16.6. The number of carbonyl (C=O) groups is 1. The van der Waals surface area contributed by atoms with E-state index in [2.05, 4.69) is 10.1 Å². The third-order valence-electron chi connectivity index (χ3n) is 3.73. The first-order valence-corrected chi connectivity index (χ1v) is 7.44. The van der Waals surface area contributed by atoms with E-state index in [-0.39, 0.29) is 5.82 Å². The predicted octanol–water partition coefficient (Wildman–Crippen LogP) is 3.30. The molecule has 6 heteroatoms. The summed E-state index contributed by atoms with van der Waals surface area (Å²) >= 11 is 5.94. The summed E-state index contributed by atoms with van der Waals surface area (Å²) in [6.07, 6.45) is 0. The molecule has 2 aromatic carbocycles. The second kappa shape index (κ2) is 5.85. The normalized spacial score (nSPS) is 10.7. The van der Waals surface area contributed by atoms with Crippen molar-refractivity contribution in [1.82, 2.24) is 14.8 Å². The van der Waals surface area contributed by atoms with Crippen molar-refractivity contribution >= 4 is 17.5 Å². The molecule has 0 atom stereocenters. The van der Waals surface area contributed by atoms with Crippen LogP contribution in [0, 0.1) is 13.8 Å². The van der Waals surface area contributed by atoms with Gasteiger partial charge in [-0.2, -0.15) is 0 Å². The predicted molar refractivity (Wildman–Crippen MR) is 89.8 cm³/mol. The van der Waals surface area contributed by atoms with E-state index < -0.39 is 5.91 Å². The fourth-order valence-electron chi connectivity index (χ4n) is 2.34. The molecule has 1 heterocycles. The highest BCUT2D eigenvalue weighted by Gasteiger charge is 2.18. The zero-order valence-corrected chi connectivity index (χ0v) is 13.5. The number of amides is 1. The molecule has 0 fully saturated rings. The molecule has 0 radical (unpaired) electrons. The maximum Gasteiger partial charge on any atom is 0.288 e. The number of aromatic nitrogens is 3. The molecule has 0 saturated carbocycles. The molecule has 23 heavy (non-hydrogen) atoms. The van der Waals surface area contributed by atoms with Crippen molar-refractivity contribution < 1.29 is 4.79 Å². The second-order valence-corrected chi connectivity index (χ2v) is 5.70. The number of rotatable bonds is 3. The molecule has 0 saturated heterocycles. The maximum atomic E-state index is 11.5. The Hall–Kier alpha value is -2.66. The SMILES string of the molecule is Cc1cccc(-n2nc(C(N)=O)nc2-c2ccc(Cl)cc2)c1C. The molecule has 3 rings (SSSR count). The van der Waals surface area contributed by atoms with Gasteiger partial charge in [0.05, 0.1) is 5.69 Å². The lowest BCUT2D eigenvalue weighted by atomic mass is 10.1. The highest BCUT2D eigenvalue weighted by molar-refractivity contribution is 6.30. The molecule has 1 aromatic heterocycles. The number of hydrogen-bond donors (Lipinski definition) is 1. The van der Waals surface area contributed by atoms with Gasteiger partial charge in [-0.15, -0.1) is 5.10 Å². The summed E-state index contributed by atoms with van der Waals surface area (Å²) in [5.41, 5.74) is 9.19. The number of nitrogens with two attached hydrogens (primary N) is 1. The van der Waals surface area contributed by atoms with Crippen LogP contribution in [0.1, 0.15) is 21.7 Å². The van der Waals surface area contributed by atoms with E-state index in [1.807, 2.05) is 44.2 Å². The lowest BCUT2D eigenvalue weighted by Gasteiger charge is -2.11. The summed E-state index contributed by atoms with van der Waals surface area (Å²) in [4.78, 5) is 15.8. The first-order valence-electron chi connectivity index (χ1n) is 7.07. The van der Waals surface area contributed by atoms with Crippen molar-refractivity contribution in [3.8, 4) is 17.1 Å². The van der Waals surface area contributed by atoms with Crippen molar-refractivity contribution in [3.63, 3.8) is 0 Å². The fraction of sp³-hybridized carbons (Fsp3) is 0.118. The number of primary amides is 1. The van der Waals surface area contributed by atoms with Gasteiger partial charge in [0.1, 0.15) is 0 Å². The van der Waals surface area contributed by atoms with Crippen LogP contribution in [-0.2, 0) is 0 Å². The molecule has 0 unspecified atom stereocenters. The van der Waals surface area contributed by atoms with Crippen molar-refractivity contribution in [2.24, 2.45) is 5.73 Å². The quantitative estimate of drug-likeness (QED) is 0.802. The number of hydrogen-bond acceptors (Lipinski definition) is 3. The Kier molecular flexibility index (Phi) is 3.88. The number of benzene rings is 2. The van der Waals surface area contributed by atoms with Crippen molar-refractivity contribution in [3.05, 3.63) is 64.4 Å². The van der Waals surface area contributed by atoms with Gasteiger partial charge in [0.2, 0.25) is 5.82 Å². The van der Waals surface area contributed by atoms with E-state index >= 15 is 0 Å². The summed E-state index contributed by atoms with van der Waals surface area (Å²) in [5.74, 6) is -0.135. The molecule has 0 aliphatic carbocycles. The topological polar surface area (TPSA) is 73.8 Å². The van der Waals surface area contributed by atoms with Gasteiger partial charge in [-0.3, -0.25) is 4.79 Å². The lowest BCUT2D eigenvalue weighted by molar-refractivity contribution is 0.0990. The average Bonchev–Trinajstić information content (AvgIpc) is 2.96. The molecule has 1 amide bonds. The fourth-order valence-corrected chi connectivity index (χ4v) is 2.46. The Morgan fingerprint density at radius 2 is 1.83 bits per heavy atom. The zero-order valence-electron chi connectivity index (χ0n) is 12.7. The standard InChI is InChI=1S/C17H15ClN4O/c1-10-4-3-5-14(11(10)2)22-17(20-16(21-22)15(19)23)12-6-8-13(18)9-7-12/h3-9H,1-2H3,(H2,19,23). The van der Waals surface area contributed by atoms with E-state index in [9.17, 15) is 4.79 Å². The van der Waals surface area contributed by atoms with E-state index in [1.165, 1.54) is 0 Å². The van der Waals surface area contributed by atoms with Gasteiger partial charge in [-0.05, 0) is 55.3 Å². The molecular formula is C17H15ClN4O. The minimum Gasteiger partial charge on any atom is -0.363 e. The number of nitrogens with zero attached hydrogens (tertiary/aromatic N) is 3. The minimum atomic E-state index is -0.663. The summed E-state index contributed by atoms with van der Waals surface area (Å²) in [5, 5.41) is 4.91. The molecule has 5 nitrogen and oxygen atoms in total. The van der Waals surface area contributed by atoms with E-state index in [1.54, 1.807) is 16.8 Å². The monoisotopic (exact) mass is 326 g/mol. The average molecular weight is 327 g/mol. The van der Waals surface area contributed by atoms with Crippen LogP contribution in [-0.4, -0.2) is 20.7 Å². The third-order valence-corrected chi connectivity index (χ3v) is 3.99. The van der Waals surface area contributed by atoms with Crippen LogP contribution in [0.2, 0.25) is 5.02 Å². The molecule has 116 valence electrons. The van der Waals surface area contributed by atoms with Gasteiger partial charge in [0, 0.05) is 10.6 Å². The largest absolute Gasteiger partial charge is 0.363 e. The van der Waals surface area contributed by atoms with Crippen LogP contribution in [0.25, 0.3) is 17.1 Å². The Balaban J connectivity index is 2.25. The van der Waals surface area contributed by atoms with Crippen molar-refractivity contribution in [1.29, 1.82) is 0 Å². The van der Waals surface area contributed by atoms with Crippen LogP contribution in [0.15, 0.2) is 42.5 Å². The lowest BCUT2D eigenvalue weighted by Crippen LogP contribution is -2.13. The van der Waals surface area contributed by atoms with E-state index in [0.29, 0.717) is 10.8 Å². The molecule has 0 aliphatic heterocycles. The maximum absolute atomic E-state index is 11.5. The molecule has 2 N–H and O–H groups in total. The summed E-state index contributed by atoms with van der Waals surface area (Å²) < 4.78 is 1.64. The number of carbonyl (C=O) groups excluding carboxylic acids is 1. The van der Waals surface area contributed by atoms with Crippen LogP contribution < -0.4 is 5.73 Å². The summed E-state index contributed by atoms with van der Waals surface area (Å²) in [6, 6.07) is 13.1. The third kappa shape index (κ3) is 2.83. The van der Waals surface area contributed by atoms with Crippen molar-refractivity contribution in [2.45, 2.75) is 13.8 Å². The first kappa shape index (κ1) is 15.2. The van der Waals surface area contributed by atoms with Crippen molar-refractivity contribution in [2.75, 3.05) is 0 Å². The highest BCUT2D eigenvalue weighted by Crippen LogP contribution is 2.25. The highest BCUT2D eigenvalue weighted by atomic mass is 35.5. The van der Waals surface area contributed by atoms with Crippen LogP contribution in [0.3, 0.4) is 0 Å². The smallest absolute Gasteiger partial charge is 0.288 e. The Bertz CT molecular complexity index is 884. The number of aryl methyl sites for hydroxylation is 1. The Morgan fingerprint density at radius 3 is 2.48 bits per heavy atom. The van der Waals surface area contributed by atoms with Gasteiger partial charge in [0.25, 0.3) is 5.91 Å². The molecule has 0 bridgehead atoms. The molecule has 3 aromatic rings. The van der Waals surface area contributed by atoms with Gasteiger partial charge < -0.3 is 5.73 Å². The van der Waals surface area contributed by atoms with Crippen LogP contribution in [0.5, 0.6) is 0 Å². The van der Waals surface area contributed by atoms with Gasteiger partial charge in [0.15, 0.2) is 5.82 Å². The molecular weight excluding hydrogens is 312 g/mol. The minimum absolute atomic E-state index is 0.0177. The van der Waals surface area contributed by atoms with Gasteiger partial charge >= 0.3 is 0 Å². The number of halogens is 1. The Morgan fingerprint density at radius 1 is 1.13 bits per heavy atom. The van der Waals surface area contributed by atoms with Crippen LogP contribution >= 0.6 is 11.6 Å².